The maximum atomic E-state index is 10.6. The molecule has 2 rings (SSSR count). The topological polar surface area (TPSA) is 70.8 Å². The van der Waals surface area contributed by atoms with E-state index in [9.17, 15) is 10.1 Å². The summed E-state index contributed by atoms with van der Waals surface area (Å²) in [5.41, 5.74) is 0.00458. The lowest BCUT2D eigenvalue weighted by molar-refractivity contribution is -0.385. The first-order chi connectivity index (χ1) is 8.20. The first kappa shape index (κ1) is 11.9. The summed E-state index contributed by atoms with van der Waals surface area (Å²) in [5, 5.41) is 10.6. The number of nitro benzene ring substituents is 1. The van der Waals surface area contributed by atoms with Gasteiger partial charge in [-0.15, -0.1) is 0 Å². The number of non-ortho nitro benzene ring substituents is 1. The van der Waals surface area contributed by atoms with Gasteiger partial charge in [0.2, 0.25) is 0 Å². The highest BCUT2D eigenvalue weighted by atomic mass is 28.2. The molecule has 1 atom stereocenters. The van der Waals surface area contributed by atoms with Crippen LogP contribution in [0.2, 0.25) is 0 Å². The molecule has 0 bridgehead atoms. The molecule has 7 heteroatoms. The monoisotopic (exact) mass is 255 g/mol. The first-order valence-electron chi connectivity index (χ1n) is 5.27. The van der Waals surface area contributed by atoms with Gasteiger partial charge >= 0.3 is 0 Å². The molecule has 0 spiro atoms. The fraction of sp³-hybridized carbons (Fsp3) is 0.400. The smallest absolute Gasteiger partial charge is 0.273 e. The summed E-state index contributed by atoms with van der Waals surface area (Å²) in [6, 6.07) is 4.37. The van der Waals surface area contributed by atoms with Crippen LogP contribution < -0.4 is 9.47 Å². The van der Waals surface area contributed by atoms with Gasteiger partial charge in [-0.05, 0) is 6.07 Å². The van der Waals surface area contributed by atoms with E-state index in [1.165, 1.54) is 12.1 Å². The Morgan fingerprint density at radius 2 is 2.35 bits per heavy atom. The van der Waals surface area contributed by atoms with Gasteiger partial charge in [0.05, 0.1) is 24.2 Å². The van der Waals surface area contributed by atoms with Gasteiger partial charge in [-0.3, -0.25) is 10.1 Å². The molecule has 0 saturated carbocycles. The summed E-state index contributed by atoms with van der Waals surface area (Å²) in [4.78, 5) is 10.2. The number of hydrogen-bond donors (Lipinski definition) is 0. The Labute approximate surface area is 101 Å². The van der Waals surface area contributed by atoms with Crippen molar-refractivity contribution in [1.29, 1.82) is 0 Å². The van der Waals surface area contributed by atoms with E-state index < -0.39 is 4.92 Å². The van der Waals surface area contributed by atoms with Crippen LogP contribution in [0.15, 0.2) is 18.2 Å². The van der Waals surface area contributed by atoms with Gasteiger partial charge in [0.1, 0.15) is 16.6 Å². The molecule has 1 aliphatic heterocycles. The van der Waals surface area contributed by atoms with E-state index >= 15 is 0 Å². The van der Waals surface area contributed by atoms with Crippen LogP contribution in [0.1, 0.15) is 6.42 Å². The molecular weight excluding hydrogens is 242 g/mol. The standard InChI is InChI=1S/C10H13NO5Si/c12-11(13)7-1-2-9-10(5-7)14-4-3-8(16-9)6-15-17/h1-2,5,8H,3-4,6H2,17H3. The molecule has 92 valence electrons. The van der Waals surface area contributed by atoms with E-state index in [1.54, 1.807) is 6.07 Å². The number of nitro groups is 1. The van der Waals surface area contributed by atoms with Gasteiger partial charge in [-0.1, -0.05) is 0 Å². The molecule has 0 aliphatic carbocycles. The number of rotatable bonds is 3. The maximum Gasteiger partial charge on any atom is 0.273 e. The fourth-order valence-corrected chi connectivity index (χ4v) is 2.03. The predicted octanol–water partition coefficient (Wildman–Crippen LogP) is 0.422. The summed E-state index contributed by atoms with van der Waals surface area (Å²) >= 11 is 0. The van der Waals surface area contributed by atoms with Gasteiger partial charge in [0.25, 0.3) is 5.69 Å². The zero-order valence-corrected chi connectivity index (χ0v) is 11.4. The highest BCUT2D eigenvalue weighted by molar-refractivity contribution is 5.97. The molecule has 6 nitrogen and oxygen atoms in total. The van der Waals surface area contributed by atoms with Gasteiger partial charge in [0.15, 0.2) is 11.5 Å². The second-order valence-corrected chi connectivity index (χ2v) is 4.30. The van der Waals surface area contributed by atoms with Crippen molar-refractivity contribution in [3.8, 4) is 11.5 Å². The van der Waals surface area contributed by atoms with Gasteiger partial charge in [-0.2, -0.15) is 0 Å². The molecule has 1 aromatic rings. The van der Waals surface area contributed by atoms with Crippen molar-refractivity contribution in [2.45, 2.75) is 12.5 Å². The second-order valence-electron chi connectivity index (χ2n) is 3.72. The lowest BCUT2D eigenvalue weighted by atomic mass is 10.2. The Morgan fingerprint density at radius 1 is 1.53 bits per heavy atom. The fourth-order valence-electron chi connectivity index (χ4n) is 1.66. The SMILES string of the molecule is O=[N+]([O-])c1ccc2c(c1)OCCC(CO[SiH3])O2. The molecule has 1 unspecified atom stereocenters. The Morgan fingerprint density at radius 3 is 3.06 bits per heavy atom. The summed E-state index contributed by atoms with van der Waals surface area (Å²) in [5.74, 6) is 0.965. The van der Waals surface area contributed by atoms with Crippen molar-refractivity contribution in [3.05, 3.63) is 28.3 Å². The quantitative estimate of drug-likeness (QED) is 0.445. The number of ether oxygens (including phenoxy) is 2. The highest BCUT2D eigenvalue weighted by Crippen LogP contribution is 2.34. The molecule has 1 heterocycles. The lowest BCUT2D eigenvalue weighted by Crippen LogP contribution is -2.22. The Hall–Kier alpha value is -1.60. The molecule has 0 radical (unpaired) electrons. The summed E-state index contributed by atoms with van der Waals surface area (Å²) < 4.78 is 16.3. The maximum absolute atomic E-state index is 10.6. The van der Waals surface area contributed by atoms with E-state index in [4.69, 9.17) is 13.9 Å². The number of benzene rings is 1. The molecule has 1 aliphatic rings. The normalized spacial score (nSPS) is 18.7. The van der Waals surface area contributed by atoms with Gasteiger partial charge in [-0.25, -0.2) is 0 Å². The van der Waals surface area contributed by atoms with Crippen molar-refractivity contribution >= 4 is 16.2 Å². The van der Waals surface area contributed by atoms with E-state index in [-0.39, 0.29) is 11.8 Å². The van der Waals surface area contributed by atoms with Crippen LogP contribution >= 0.6 is 0 Å². The predicted molar refractivity (Wildman–Crippen MR) is 63.5 cm³/mol. The van der Waals surface area contributed by atoms with Crippen molar-refractivity contribution in [3.63, 3.8) is 0 Å². The zero-order valence-electron chi connectivity index (χ0n) is 9.42. The highest BCUT2D eigenvalue weighted by Gasteiger charge is 2.20. The molecule has 0 aromatic heterocycles. The molecule has 17 heavy (non-hydrogen) atoms. The number of nitrogens with zero attached hydrogens (tertiary/aromatic N) is 1. The van der Waals surface area contributed by atoms with E-state index in [2.05, 4.69) is 0 Å². The molecule has 0 amide bonds. The van der Waals surface area contributed by atoms with E-state index in [0.29, 0.717) is 41.6 Å². The van der Waals surface area contributed by atoms with Crippen LogP contribution in [0.5, 0.6) is 11.5 Å². The van der Waals surface area contributed by atoms with E-state index in [0.717, 1.165) is 0 Å². The number of hydrogen-bond acceptors (Lipinski definition) is 5. The zero-order chi connectivity index (χ0) is 12.3. The minimum Gasteiger partial charge on any atom is -0.489 e. The third-order valence-electron chi connectivity index (χ3n) is 2.48. The van der Waals surface area contributed by atoms with Crippen LogP contribution in [-0.4, -0.2) is 34.7 Å². The summed E-state index contributed by atoms with van der Waals surface area (Å²) in [7, 11) is 0.664. The molecule has 1 aromatic carbocycles. The third-order valence-corrected chi connectivity index (χ3v) is 2.82. The minimum absolute atomic E-state index is 0.00458. The van der Waals surface area contributed by atoms with Crippen LogP contribution in [0, 0.1) is 10.1 Å². The van der Waals surface area contributed by atoms with Crippen molar-refractivity contribution in [2.75, 3.05) is 13.2 Å². The summed E-state index contributed by atoms with van der Waals surface area (Å²) in [6.07, 6.45) is 0.667. The first-order valence-corrected chi connectivity index (χ1v) is 6.09. The van der Waals surface area contributed by atoms with Crippen molar-refractivity contribution in [2.24, 2.45) is 0 Å². The Kier molecular flexibility index (Phi) is 3.60. The van der Waals surface area contributed by atoms with Crippen LogP contribution in [-0.2, 0) is 4.43 Å². The largest absolute Gasteiger partial charge is 0.489 e. The van der Waals surface area contributed by atoms with Crippen LogP contribution in [0.3, 0.4) is 0 Å². The Balaban J connectivity index is 2.22. The Bertz CT molecular complexity index is 425. The van der Waals surface area contributed by atoms with Crippen LogP contribution in [0.25, 0.3) is 0 Å². The molecule has 0 N–H and O–H groups in total. The molecular formula is C10H13NO5Si. The van der Waals surface area contributed by atoms with Gasteiger partial charge in [0, 0.05) is 12.5 Å². The summed E-state index contributed by atoms with van der Waals surface area (Å²) in [6.45, 7) is 1.01. The number of fused-ring (bicyclic) bond motifs is 1. The van der Waals surface area contributed by atoms with Crippen molar-refractivity contribution < 1.29 is 18.8 Å². The van der Waals surface area contributed by atoms with Gasteiger partial charge < -0.3 is 13.9 Å². The average molecular weight is 255 g/mol. The lowest BCUT2D eigenvalue weighted by Gasteiger charge is -2.14. The van der Waals surface area contributed by atoms with Crippen molar-refractivity contribution in [1.82, 2.24) is 0 Å². The second kappa shape index (κ2) is 5.15. The molecule has 0 saturated heterocycles. The average Bonchev–Trinajstić information content (AvgIpc) is 2.50. The van der Waals surface area contributed by atoms with Crippen LogP contribution in [0.4, 0.5) is 5.69 Å². The minimum atomic E-state index is -0.452. The van der Waals surface area contributed by atoms with E-state index in [1.807, 2.05) is 0 Å². The molecule has 0 fully saturated rings. The third kappa shape index (κ3) is 2.74.